The van der Waals surface area contributed by atoms with Crippen LogP contribution in [0.15, 0.2) is 24.3 Å². The summed E-state index contributed by atoms with van der Waals surface area (Å²) >= 11 is 0. The molecule has 6 atom stereocenters. The molecule has 0 aromatic rings. The molecule has 2 saturated heterocycles. The van der Waals surface area contributed by atoms with E-state index in [0.717, 1.165) is 103 Å². The van der Waals surface area contributed by atoms with Gasteiger partial charge in [-0.05, 0) is 76.0 Å². The molecule has 2 rings (SSSR count). The highest BCUT2D eigenvalue weighted by molar-refractivity contribution is 5.95. The Morgan fingerprint density at radius 2 is 0.982 bits per heavy atom. The summed E-state index contributed by atoms with van der Waals surface area (Å²) in [6.45, 7) is 4.32. The second kappa shape index (κ2) is 29.0. The third-order valence-electron chi connectivity index (χ3n) is 10.9. The van der Waals surface area contributed by atoms with Crippen LogP contribution in [-0.2, 0) is 43.0 Å². The van der Waals surface area contributed by atoms with Gasteiger partial charge in [0.25, 0.3) is 0 Å². The molecule has 2 N–H and O–H groups in total. The van der Waals surface area contributed by atoms with Crippen LogP contribution in [0.1, 0.15) is 181 Å². The Morgan fingerprint density at radius 3 is 1.33 bits per heavy atom. The number of aliphatic carboxylic acids is 2. The van der Waals surface area contributed by atoms with Gasteiger partial charge in [0, 0.05) is 12.8 Å². The number of hydrogen-bond acceptors (Lipinski definition) is 9. The van der Waals surface area contributed by atoms with Crippen molar-refractivity contribution in [3.63, 3.8) is 0 Å². The van der Waals surface area contributed by atoms with Crippen LogP contribution in [0.2, 0.25) is 0 Å². The highest BCUT2D eigenvalue weighted by Crippen LogP contribution is 2.36. The lowest BCUT2D eigenvalue weighted by Gasteiger charge is -2.30. The van der Waals surface area contributed by atoms with E-state index in [1.165, 1.54) is 0 Å². The van der Waals surface area contributed by atoms with Crippen LogP contribution < -0.4 is 0 Å². The molecule has 55 heavy (non-hydrogen) atoms. The van der Waals surface area contributed by atoms with Gasteiger partial charge in [-0.3, -0.25) is 28.8 Å². The SMILES string of the molecule is CCCCCC=CC(CC(CCCCCCCC(=O)O)C1CC(=O)OC1=O)OC(C=CCCCCC)CC(CCCCCCCC(=O)O)C1CC(=O)OC1=O. The van der Waals surface area contributed by atoms with E-state index in [-0.39, 0.29) is 49.7 Å². The number of allylic oxidation sites excluding steroid dienone is 2. The lowest BCUT2D eigenvalue weighted by molar-refractivity contribution is -0.155. The molecule has 6 unspecified atom stereocenters. The van der Waals surface area contributed by atoms with Gasteiger partial charge in [-0.25, -0.2) is 0 Å². The van der Waals surface area contributed by atoms with E-state index in [9.17, 15) is 28.8 Å². The number of carbonyl (C=O) groups excluding carboxylic acids is 4. The van der Waals surface area contributed by atoms with Crippen LogP contribution in [0.3, 0.4) is 0 Å². The summed E-state index contributed by atoms with van der Waals surface area (Å²) in [5.74, 6) is -4.97. The fourth-order valence-corrected chi connectivity index (χ4v) is 7.80. The molecule has 11 heteroatoms. The zero-order valence-corrected chi connectivity index (χ0v) is 33.7. The maximum absolute atomic E-state index is 12.9. The van der Waals surface area contributed by atoms with Gasteiger partial charge in [-0.2, -0.15) is 0 Å². The van der Waals surface area contributed by atoms with Crippen LogP contribution >= 0.6 is 0 Å². The van der Waals surface area contributed by atoms with Gasteiger partial charge in [-0.15, -0.1) is 0 Å². The lowest BCUT2D eigenvalue weighted by Crippen LogP contribution is -2.30. The predicted molar refractivity (Wildman–Crippen MR) is 210 cm³/mol. The molecule has 0 spiro atoms. The molecule has 2 heterocycles. The van der Waals surface area contributed by atoms with Crippen molar-refractivity contribution in [2.75, 3.05) is 0 Å². The molecule has 2 aliphatic rings. The fraction of sp³-hybridized carbons (Fsp3) is 0.773. The summed E-state index contributed by atoms with van der Waals surface area (Å²) in [6, 6.07) is 0. The van der Waals surface area contributed by atoms with Crippen LogP contribution in [0.25, 0.3) is 0 Å². The first-order valence-corrected chi connectivity index (χ1v) is 21.4. The van der Waals surface area contributed by atoms with Crippen LogP contribution in [0.5, 0.6) is 0 Å². The first kappa shape index (κ1) is 47.8. The lowest BCUT2D eigenvalue weighted by atomic mass is 9.81. The predicted octanol–water partition coefficient (Wildman–Crippen LogP) is 9.84. The van der Waals surface area contributed by atoms with E-state index in [2.05, 4.69) is 38.2 Å². The van der Waals surface area contributed by atoms with Gasteiger partial charge in [0.1, 0.15) is 0 Å². The quantitative estimate of drug-likeness (QED) is 0.0276. The first-order valence-electron chi connectivity index (χ1n) is 21.4. The molecule has 0 aromatic carbocycles. The topological polar surface area (TPSA) is 171 Å². The van der Waals surface area contributed by atoms with E-state index in [1.807, 2.05) is 0 Å². The van der Waals surface area contributed by atoms with Gasteiger partial charge in [0.2, 0.25) is 0 Å². The van der Waals surface area contributed by atoms with Crippen molar-refractivity contribution >= 4 is 35.8 Å². The summed E-state index contributed by atoms with van der Waals surface area (Å²) in [5, 5.41) is 17.9. The van der Waals surface area contributed by atoms with Crippen molar-refractivity contribution in [1.29, 1.82) is 0 Å². The Kier molecular flexibility index (Phi) is 25.2. The minimum absolute atomic E-state index is 0.0476. The van der Waals surface area contributed by atoms with Crippen molar-refractivity contribution in [2.24, 2.45) is 23.7 Å². The van der Waals surface area contributed by atoms with E-state index < -0.39 is 47.7 Å². The molecule has 0 aliphatic carbocycles. The molecule has 2 fully saturated rings. The van der Waals surface area contributed by atoms with Gasteiger partial charge in [0.05, 0.1) is 36.9 Å². The van der Waals surface area contributed by atoms with E-state index >= 15 is 0 Å². The van der Waals surface area contributed by atoms with Crippen molar-refractivity contribution < 1.29 is 53.2 Å². The largest absolute Gasteiger partial charge is 0.481 e. The highest BCUT2D eigenvalue weighted by atomic mass is 16.6. The normalized spacial score (nSPS) is 19.6. The number of carbonyl (C=O) groups is 6. The van der Waals surface area contributed by atoms with Gasteiger partial charge < -0.3 is 24.4 Å². The second-order valence-electron chi connectivity index (χ2n) is 15.7. The van der Waals surface area contributed by atoms with Gasteiger partial charge >= 0.3 is 35.8 Å². The number of unbranched alkanes of at least 4 members (excludes halogenated alkanes) is 14. The third-order valence-corrected chi connectivity index (χ3v) is 10.9. The van der Waals surface area contributed by atoms with Crippen molar-refractivity contribution in [1.82, 2.24) is 0 Å². The number of esters is 4. The molecule has 11 nitrogen and oxygen atoms in total. The van der Waals surface area contributed by atoms with Crippen molar-refractivity contribution in [2.45, 2.75) is 193 Å². The van der Waals surface area contributed by atoms with Crippen molar-refractivity contribution in [3.8, 4) is 0 Å². The number of ether oxygens (including phenoxy) is 3. The smallest absolute Gasteiger partial charge is 0.317 e. The van der Waals surface area contributed by atoms with Crippen LogP contribution in [0, 0.1) is 23.7 Å². The minimum atomic E-state index is -0.791. The number of hydrogen-bond donors (Lipinski definition) is 2. The van der Waals surface area contributed by atoms with Gasteiger partial charge in [-0.1, -0.05) is 115 Å². The molecular weight excluding hydrogens is 704 g/mol. The summed E-state index contributed by atoms with van der Waals surface area (Å²) in [7, 11) is 0. The number of carboxylic acids is 2. The zero-order chi connectivity index (χ0) is 40.3. The van der Waals surface area contributed by atoms with E-state index in [0.29, 0.717) is 38.5 Å². The number of cyclic esters (lactones) is 4. The average molecular weight is 775 g/mol. The summed E-state index contributed by atoms with van der Waals surface area (Å²) in [6.07, 6.45) is 27.1. The molecule has 0 aromatic heterocycles. The number of rotatable bonds is 34. The monoisotopic (exact) mass is 774 g/mol. The summed E-state index contributed by atoms with van der Waals surface area (Å²) < 4.78 is 17.0. The third kappa shape index (κ3) is 21.5. The molecule has 312 valence electrons. The molecular formula is C44H70O11. The number of carboxylic acid groups (broad SMARTS) is 2. The Morgan fingerprint density at radius 1 is 0.600 bits per heavy atom. The Bertz CT molecular complexity index is 1130. The standard InChI is InChI=1S/C44H70O11/c1-3-5-7-11-19-25-35(29-33(37-31-41(49)54-43(37)51)23-17-13-9-15-21-27-39(45)46)53-36(26-20-12-8-6-4-2)30-34(38-32-42(50)55-44(38)52)24-18-14-10-16-22-28-40(47)48/h19-20,25-26,33-38H,3-18,21-24,27-32H2,1-2H3,(H,45,46)(H,47,48). The highest BCUT2D eigenvalue weighted by Gasteiger charge is 2.41. The average Bonchev–Trinajstić information content (AvgIpc) is 3.66. The van der Waals surface area contributed by atoms with Crippen LogP contribution in [-0.4, -0.2) is 58.2 Å². The van der Waals surface area contributed by atoms with Crippen molar-refractivity contribution in [3.05, 3.63) is 24.3 Å². The summed E-state index contributed by atoms with van der Waals surface area (Å²) in [5.41, 5.74) is 0. The Hall–Kier alpha value is -3.34. The van der Waals surface area contributed by atoms with E-state index in [4.69, 9.17) is 24.4 Å². The Balaban J connectivity index is 2.31. The molecule has 2 aliphatic heterocycles. The second-order valence-corrected chi connectivity index (χ2v) is 15.7. The minimum Gasteiger partial charge on any atom is -0.481 e. The zero-order valence-electron chi connectivity index (χ0n) is 33.7. The fourth-order valence-electron chi connectivity index (χ4n) is 7.80. The molecule has 0 amide bonds. The molecule has 0 bridgehead atoms. The first-order chi connectivity index (χ1) is 26.5. The molecule has 0 radical (unpaired) electrons. The Labute approximate surface area is 329 Å². The molecule has 0 saturated carbocycles. The van der Waals surface area contributed by atoms with Gasteiger partial charge in [0.15, 0.2) is 0 Å². The maximum atomic E-state index is 12.9. The van der Waals surface area contributed by atoms with E-state index in [1.54, 1.807) is 0 Å². The van der Waals surface area contributed by atoms with Crippen LogP contribution in [0.4, 0.5) is 0 Å². The maximum Gasteiger partial charge on any atom is 0.317 e. The summed E-state index contributed by atoms with van der Waals surface area (Å²) in [4.78, 5) is 72.2.